The summed E-state index contributed by atoms with van der Waals surface area (Å²) in [6, 6.07) is 18.4. The van der Waals surface area contributed by atoms with Gasteiger partial charge in [0.05, 0.1) is 24.4 Å². The number of nitrogens with zero attached hydrogens (tertiary/aromatic N) is 3. The van der Waals surface area contributed by atoms with E-state index < -0.39 is 0 Å². The highest BCUT2D eigenvalue weighted by atomic mass is 19.1. The Morgan fingerprint density at radius 3 is 2.82 bits per heavy atom. The number of piperazine rings is 1. The first kappa shape index (κ1) is 27.1. The summed E-state index contributed by atoms with van der Waals surface area (Å²) in [5, 5.41) is 3.02. The van der Waals surface area contributed by atoms with Gasteiger partial charge in [0.1, 0.15) is 12.4 Å². The first-order chi connectivity index (χ1) is 18.5. The summed E-state index contributed by atoms with van der Waals surface area (Å²) < 4.78 is 21.5. The molecule has 1 unspecified atom stereocenters. The Labute approximate surface area is 224 Å². The van der Waals surface area contributed by atoms with Crippen LogP contribution in [0.4, 0.5) is 4.39 Å². The molecule has 38 heavy (non-hydrogen) atoms. The molecule has 0 saturated carbocycles. The zero-order valence-corrected chi connectivity index (χ0v) is 21.9. The van der Waals surface area contributed by atoms with Crippen molar-refractivity contribution >= 4 is 5.91 Å². The van der Waals surface area contributed by atoms with E-state index in [1.807, 2.05) is 54.7 Å². The van der Waals surface area contributed by atoms with Gasteiger partial charge in [0.25, 0.3) is 0 Å². The molecule has 1 amide bonds. The van der Waals surface area contributed by atoms with Crippen molar-refractivity contribution in [2.24, 2.45) is 0 Å². The van der Waals surface area contributed by atoms with E-state index >= 15 is 0 Å². The van der Waals surface area contributed by atoms with Crippen molar-refractivity contribution in [1.82, 2.24) is 19.8 Å². The van der Waals surface area contributed by atoms with E-state index in [9.17, 15) is 9.18 Å². The van der Waals surface area contributed by atoms with E-state index in [-0.39, 0.29) is 17.8 Å². The summed E-state index contributed by atoms with van der Waals surface area (Å²) in [6.45, 7) is 7.84. The molecular weight excluding hydrogens is 479 g/mol. The van der Waals surface area contributed by atoms with Gasteiger partial charge in [-0.25, -0.2) is 9.37 Å². The van der Waals surface area contributed by atoms with Gasteiger partial charge in [-0.3, -0.25) is 9.69 Å². The van der Waals surface area contributed by atoms with Crippen LogP contribution >= 0.6 is 0 Å². The van der Waals surface area contributed by atoms with E-state index in [1.165, 1.54) is 13.0 Å². The number of rotatable bonds is 12. The summed E-state index contributed by atoms with van der Waals surface area (Å²) >= 11 is 0. The molecule has 7 heteroatoms. The molecular formula is C31H35FN4O2. The summed E-state index contributed by atoms with van der Waals surface area (Å²) in [5.74, 6) is 0.615. The Balaban J connectivity index is 1.41. The van der Waals surface area contributed by atoms with Crippen LogP contribution in [-0.4, -0.2) is 39.5 Å². The Kier molecular flexibility index (Phi) is 9.65. The zero-order valence-electron chi connectivity index (χ0n) is 21.9. The lowest BCUT2D eigenvalue weighted by Gasteiger charge is -2.35. The number of nitrogens with one attached hydrogen (secondary N) is 1. The van der Waals surface area contributed by atoms with Gasteiger partial charge in [0, 0.05) is 31.9 Å². The van der Waals surface area contributed by atoms with Crippen molar-refractivity contribution in [2.45, 2.75) is 45.5 Å². The fraction of sp³-hybridized carbons (Fsp3) is 0.290. The number of aryl methyl sites for hydroxylation is 1. The molecule has 198 valence electrons. The first-order valence-electron chi connectivity index (χ1n) is 12.9. The maximum Gasteiger partial charge on any atom is 0.234 e. The standard InChI is InChI=1S/C31H35FN4O2/c1-3-8-25(15-24(2)32)13-14-35-23-33-18-29(35)20-36-21-31(37)34-19-28(36)16-27-11-7-12-30(17-27)38-22-26-9-5-4-6-10-26/h3-12,15,17-18,23,28H,1,13-14,16,19-22H2,2H3,(H,34,37)/b24-15+,25-8-. The summed E-state index contributed by atoms with van der Waals surface area (Å²) in [7, 11) is 0. The topological polar surface area (TPSA) is 59.4 Å². The zero-order chi connectivity index (χ0) is 26.7. The minimum atomic E-state index is -0.235. The molecule has 4 rings (SSSR count). The van der Waals surface area contributed by atoms with Gasteiger partial charge in [0.2, 0.25) is 5.91 Å². The maximum atomic E-state index is 13.4. The lowest BCUT2D eigenvalue weighted by Crippen LogP contribution is -2.54. The van der Waals surface area contributed by atoms with Gasteiger partial charge in [-0.2, -0.15) is 0 Å². The van der Waals surface area contributed by atoms with Gasteiger partial charge in [-0.1, -0.05) is 61.2 Å². The van der Waals surface area contributed by atoms with Crippen molar-refractivity contribution in [2.75, 3.05) is 13.1 Å². The fourth-order valence-electron chi connectivity index (χ4n) is 4.64. The molecule has 1 aliphatic heterocycles. The molecule has 1 saturated heterocycles. The van der Waals surface area contributed by atoms with Gasteiger partial charge >= 0.3 is 0 Å². The van der Waals surface area contributed by atoms with Crippen LogP contribution in [0.25, 0.3) is 0 Å². The third-order valence-electron chi connectivity index (χ3n) is 6.54. The Bertz CT molecular complexity index is 1280. The Morgan fingerprint density at radius 2 is 2.03 bits per heavy atom. The van der Waals surface area contributed by atoms with Crippen molar-refractivity contribution in [1.29, 1.82) is 0 Å². The third kappa shape index (κ3) is 8.02. The molecule has 1 fully saturated rings. The normalized spacial score (nSPS) is 16.8. The summed E-state index contributed by atoms with van der Waals surface area (Å²) in [5.41, 5.74) is 4.16. The van der Waals surface area contributed by atoms with E-state index in [4.69, 9.17) is 4.74 Å². The van der Waals surface area contributed by atoms with Crippen molar-refractivity contribution < 1.29 is 13.9 Å². The number of carbonyl (C=O) groups excluding carboxylic acids is 1. The molecule has 6 nitrogen and oxygen atoms in total. The number of allylic oxidation sites excluding steroid dienone is 5. The predicted molar refractivity (Wildman–Crippen MR) is 148 cm³/mol. The van der Waals surface area contributed by atoms with Crippen LogP contribution < -0.4 is 10.1 Å². The highest BCUT2D eigenvalue weighted by molar-refractivity contribution is 5.78. The van der Waals surface area contributed by atoms with Crippen molar-refractivity contribution in [3.8, 4) is 5.75 Å². The highest BCUT2D eigenvalue weighted by Crippen LogP contribution is 2.20. The fourth-order valence-corrected chi connectivity index (χ4v) is 4.64. The number of carbonyl (C=O) groups is 1. The average molecular weight is 515 g/mol. The van der Waals surface area contributed by atoms with Crippen LogP contribution in [0.1, 0.15) is 30.2 Å². The second-order valence-electron chi connectivity index (χ2n) is 9.53. The number of hydrogen-bond donors (Lipinski definition) is 1. The molecule has 1 N–H and O–H groups in total. The lowest BCUT2D eigenvalue weighted by atomic mass is 10.0. The molecule has 0 radical (unpaired) electrons. The number of halogens is 1. The third-order valence-corrected chi connectivity index (χ3v) is 6.54. The van der Waals surface area contributed by atoms with Crippen LogP contribution in [0.15, 0.2) is 103 Å². The van der Waals surface area contributed by atoms with Crippen LogP contribution in [-0.2, 0) is 30.9 Å². The molecule has 1 aromatic heterocycles. The summed E-state index contributed by atoms with van der Waals surface area (Å²) in [4.78, 5) is 18.8. The quantitative estimate of drug-likeness (QED) is 0.330. The molecule has 2 heterocycles. The van der Waals surface area contributed by atoms with Gasteiger partial charge < -0.3 is 14.6 Å². The average Bonchev–Trinajstić information content (AvgIpc) is 3.35. The smallest absolute Gasteiger partial charge is 0.234 e. The predicted octanol–water partition coefficient (Wildman–Crippen LogP) is 5.38. The lowest BCUT2D eigenvalue weighted by molar-refractivity contribution is -0.125. The number of amides is 1. The Morgan fingerprint density at radius 1 is 1.21 bits per heavy atom. The molecule has 3 aromatic rings. The number of aromatic nitrogens is 2. The van der Waals surface area contributed by atoms with E-state index in [0.717, 1.165) is 34.6 Å². The molecule has 2 aromatic carbocycles. The molecule has 1 aliphatic rings. The van der Waals surface area contributed by atoms with Crippen LogP contribution in [0.3, 0.4) is 0 Å². The number of ether oxygens (including phenoxy) is 1. The largest absolute Gasteiger partial charge is 0.489 e. The molecule has 0 spiro atoms. The highest BCUT2D eigenvalue weighted by Gasteiger charge is 2.27. The van der Waals surface area contributed by atoms with Gasteiger partial charge in [-0.05, 0) is 54.7 Å². The van der Waals surface area contributed by atoms with Crippen molar-refractivity contribution in [3.05, 3.63) is 120 Å². The minimum Gasteiger partial charge on any atom is -0.489 e. The van der Waals surface area contributed by atoms with Crippen LogP contribution in [0.5, 0.6) is 5.75 Å². The number of hydrogen-bond acceptors (Lipinski definition) is 4. The summed E-state index contributed by atoms with van der Waals surface area (Å²) in [6.07, 6.45) is 10.1. The van der Waals surface area contributed by atoms with Gasteiger partial charge in [0.15, 0.2) is 0 Å². The second kappa shape index (κ2) is 13.5. The Hall–Kier alpha value is -3.97. The monoisotopic (exact) mass is 514 g/mol. The van der Waals surface area contributed by atoms with Gasteiger partial charge in [-0.15, -0.1) is 0 Å². The van der Waals surface area contributed by atoms with E-state index in [0.29, 0.717) is 39.2 Å². The number of benzene rings is 2. The van der Waals surface area contributed by atoms with E-state index in [2.05, 4.69) is 38.5 Å². The van der Waals surface area contributed by atoms with Crippen LogP contribution in [0, 0.1) is 0 Å². The first-order valence-corrected chi connectivity index (χ1v) is 12.9. The van der Waals surface area contributed by atoms with Crippen LogP contribution in [0.2, 0.25) is 0 Å². The SMILES string of the molecule is C=C/C=C(\C=C(/C)F)CCn1cncc1CN1CC(=O)NCC1Cc1cccc(OCc2ccccc2)c1. The second-order valence-corrected chi connectivity index (χ2v) is 9.53. The maximum absolute atomic E-state index is 13.4. The molecule has 0 aliphatic carbocycles. The van der Waals surface area contributed by atoms with Crippen molar-refractivity contribution in [3.63, 3.8) is 0 Å². The number of imidazole rings is 1. The minimum absolute atomic E-state index is 0.0204. The van der Waals surface area contributed by atoms with E-state index in [1.54, 1.807) is 12.4 Å². The molecule has 1 atom stereocenters. The molecule has 0 bridgehead atoms.